The zero-order valence-corrected chi connectivity index (χ0v) is 18.5. The van der Waals surface area contributed by atoms with E-state index in [4.69, 9.17) is 9.47 Å². The Morgan fingerprint density at radius 3 is 2.40 bits per heavy atom. The van der Waals surface area contributed by atoms with Crippen molar-refractivity contribution in [3.8, 4) is 0 Å². The zero-order valence-electron chi connectivity index (χ0n) is 18.5. The molecule has 2 unspecified atom stereocenters. The van der Waals surface area contributed by atoms with Gasteiger partial charge in [0.1, 0.15) is 5.41 Å². The Morgan fingerprint density at radius 2 is 1.90 bits per heavy atom. The Hall–Kier alpha value is -1.88. The third kappa shape index (κ3) is 3.89. The maximum absolute atomic E-state index is 13.1. The van der Waals surface area contributed by atoms with Crippen molar-refractivity contribution in [3.63, 3.8) is 0 Å². The molecule has 3 atom stereocenters. The molecule has 0 spiro atoms. The summed E-state index contributed by atoms with van der Waals surface area (Å²) >= 11 is 0. The monoisotopic (exact) mass is 413 g/mol. The van der Waals surface area contributed by atoms with Crippen molar-refractivity contribution < 1.29 is 19.1 Å². The predicted molar refractivity (Wildman–Crippen MR) is 116 cm³/mol. The van der Waals surface area contributed by atoms with Gasteiger partial charge in [-0.05, 0) is 61.1 Å². The smallest absolute Gasteiger partial charge is 0.319 e. The Labute approximate surface area is 179 Å². The van der Waals surface area contributed by atoms with Gasteiger partial charge in [0.25, 0.3) is 0 Å². The van der Waals surface area contributed by atoms with Gasteiger partial charge in [0.15, 0.2) is 0 Å². The first-order valence-corrected chi connectivity index (χ1v) is 11.6. The average molecular weight is 414 g/mol. The molecule has 1 aliphatic heterocycles. The maximum Gasteiger partial charge on any atom is 0.319 e. The Balaban J connectivity index is 1.45. The van der Waals surface area contributed by atoms with Crippen LogP contribution in [0.4, 0.5) is 5.69 Å². The van der Waals surface area contributed by atoms with Gasteiger partial charge in [-0.25, -0.2) is 0 Å². The molecule has 1 N–H and O–H groups in total. The number of anilines is 1. The lowest BCUT2D eigenvalue weighted by Gasteiger charge is -2.41. The van der Waals surface area contributed by atoms with Crippen molar-refractivity contribution in [3.05, 3.63) is 29.8 Å². The van der Waals surface area contributed by atoms with Crippen molar-refractivity contribution in [2.45, 2.75) is 64.7 Å². The van der Waals surface area contributed by atoms with E-state index < -0.39 is 5.41 Å². The fourth-order valence-corrected chi connectivity index (χ4v) is 5.54. The van der Waals surface area contributed by atoms with Crippen LogP contribution >= 0.6 is 0 Å². The third-order valence-corrected chi connectivity index (χ3v) is 7.85. The van der Waals surface area contributed by atoms with E-state index >= 15 is 0 Å². The second-order valence-corrected chi connectivity index (χ2v) is 9.83. The van der Waals surface area contributed by atoms with Gasteiger partial charge in [-0.15, -0.1) is 0 Å². The number of ether oxygens (including phenoxy) is 2. The van der Waals surface area contributed by atoms with Crippen LogP contribution in [0.2, 0.25) is 0 Å². The molecule has 1 aromatic rings. The number of rotatable bonds is 8. The molecular formula is C25H35NO4. The zero-order chi connectivity index (χ0) is 21.4. The summed E-state index contributed by atoms with van der Waals surface area (Å²) in [4.78, 5) is 25.7. The Morgan fingerprint density at radius 1 is 1.20 bits per heavy atom. The lowest BCUT2D eigenvalue weighted by atomic mass is 9.64. The molecule has 0 aromatic heterocycles. The summed E-state index contributed by atoms with van der Waals surface area (Å²) in [5.74, 6) is 1.07. The van der Waals surface area contributed by atoms with Gasteiger partial charge in [-0.3, -0.25) is 9.59 Å². The molecule has 0 bridgehead atoms. The number of carbonyl (C=O) groups excluding carboxylic acids is 2. The maximum atomic E-state index is 13.1. The molecule has 3 aliphatic rings. The van der Waals surface area contributed by atoms with Crippen molar-refractivity contribution in [1.29, 1.82) is 0 Å². The van der Waals surface area contributed by atoms with Crippen molar-refractivity contribution in [2.75, 3.05) is 25.1 Å². The van der Waals surface area contributed by atoms with E-state index in [9.17, 15) is 9.59 Å². The number of hydrogen-bond acceptors (Lipinski definition) is 4. The fraction of sp³-hybridized carbons (Fsp3) is 0.680. The summed E-state index contributed by atoms with van der Waals surface area (Å²) in [7, 11) is 0. The van der Waals surface area contributed by atoms with Crippen molar-refractivity contribution in [2.24, 2.45) is 23.2 Å². The highest BCUT2D eigenvalue weighted by molar-refractivity contribution is 5.93. The first kappa shape index (κ1) is 21.4. The molecule has 1 aromatic carbocycles. The van der Waals surface area contributed by atoms with E-state index in [0.717, 1.165) is 11.3 Å². The summed E-state index contributed by atoms with van der Waals surface area (Å²) < 4.78 is 10.9. The topological polar surface area (TPSA) is 64.6 Å². The van der Waals surface area contributed by atoms with E-state index in [-0.39, 0.29) is 17.8 Å². The summed E-state index contributed by atoms with van der Waals surface area (Å²) in [5, 5.41) is 3.12. The highest BCUT2D eigenvalue weighted by atomic mass is 16.5. The Kier molecular flexibility index (Phi) is 5.93. The molecule has 2 aliphatic carbocycles. The van der Waals surface area contributed by atoms with Gasteiger partial charge in [0.2, 0.25) is 5.91 Å². The molecule has 30 heavy (non-hydrogen) atoms. The molecule has 3 fully saturated rings. The van der Waals surface area contributed by atoms with Gasteiger partial charge in [-0.1, -0.05) is 45.2 Å². The SMILES string of the molecule is CCOC(=O)C1(c2ccc(NC(=O)[C@@H](C)C(C3CCC3)C3(C)CC3)cc2)CCOC1. The normalized spacial score (nSPS) is 27.0. The number of amides is 1. The largest absolute Gasteiger partial charge is 0.465 e. The molecular weight excluding hydrogens is 378 g/mol. The standard InChI is InChI=1S/C25H35NO4/c1-4-30-23(28)25(14-15-29-16-25)19-8-10-20(11-9-19)26-22(27)17(2)21(18-6-5-7-18)24(3)12-13-24/h8-11,17-18,21H,4-7,12-16H2,1-3H3,(H,26,27)/t17-,21?,25?/m0/s1. The molecule has 1 saturated heterocycles. The van der Waals surface area contributed by atoms with E-state index in [1.807, 2.05) is 31.2 Å². The summed E-state index contributed by atoms with van der Waals surface area (Å²) in [6.45, 7) is 7.52. The molecule has 1 amide bonds. The first-order chi connectivity index (χ1) is 14.4. The molecule has 4 rings (SSSR count). The van der Waals surface area contributed by atoms with Crippen LogP contribution in [-0.2, 0) is 24.5 Å². The second kappa shape index (κ2) is 8.33. The second-order valence-electron chi connectivity index (χ2n) is 9.83. The van der Waals surface area contributed by atoms with E-state index in [2.05, 4.69) is 19.2 Å². The number of carbonyl (C=O) groups is 2. The Bertz CT molecular complexity index is 773. The number of nitrogens with one attached hydrogen (secondary N) is 1. The van der Waals surface area contributed by atoms with Crippen LogP contribution in [0.3, 0.4) is 0 Å². The van der Waals surface area contributed by atoms with Crippen molar-refractivity contribution >= 4 is 17.6 Å². The van der Waals surface area contributed by atoms with Crippen LogP contribution in [-0.4, -0.2) is 31.7 Å². The quantitative estimate of drug-likeness (QED) is 0.628. The van der Waals surface area contributed by atoms with Crippen LogP contribution in [0.5, 0.6) is 0 Å². The van der Waals surface area contributed by atoms with Crippen LogP contribution < -0.4 is 5.32 Å². The molecule has 2 saturated carbocycles. The molecule has 5 heteroatoms. The predicted octanol–water partition coefficient (Wildman–Crippen LogP) is 4.70. The lowest BCUT2D eigenvalue weighted by Crippen LogP contribution is -2.39. The minimum absolute atomic E-state index is 0.0107. The van der Waals surface area contributed by atoms with Crippen LogP contribution in [0.25, 0.3) is 0 Å². The number of esters is 1. The lowest BCUT2D eigenvalue weighted by molar-refractivity contribution is -0.150. The molecule has 1 heterocycles. The summed E-state index contributed by atoms with van der Waals surface area (Å²) in [6.07, 6.45) is 6.96. The molecule has 164 valence electrons. The fourth-order valence-electron chi connectivity index (χ4n) is 5.54. The van der Waals surface area contributed by atoms with Gasteiger partial charge < -0.3 is 14.8 Å². The van der Waals surface area contributed by atoms with E-state index in [1.54, 1.807) is 0 Å². The van der Waals surface area contributed by atoms with Crippen LogP contribution in [0.1, 0.15) is 64.9 Å². The van der Waals surface area contributed by atoms with Crippen LogP contribution in [0.15, 0.2) is 24.3 Å². The van der Waals surface area contributed by atoms with Gasteiger partial charge in [0, 0.05) is 18.2 Å². The van der Waals surface area contributed by atoms with Gasteiger partial charge in [0.05, 0.1) is 13.2 Å². The van der Waals surface area contributed by atoms with Crippen molar-refractivity contribution in [1.82, 2.24) is 0 Å². The first-order valence-electron chi connectivity index (χ1n) is 11.6. The minimum atomic E-state index is -0.734. The molecule has 0 radical (unpaired) electrons. The van der Waals surface area contributed by atoms with Gasteiger partial charge in [-0.2, -0.15) is 0 Å². The van der Waals surface area contributed by atoms with Crippen LogP contribution in [0, 0.1) is 23.2 Å². The van der Waals surface area contributed by atoms with E-state index in [1.165, 1.54) is 32.1 Å². The summed E-state index contributed by atoms with van der Waals surface area (Å²) in [6, 6.07) is 7.65. The average Bonchev–Trinajstić information content (AvgIpc) is 3.24. The molecule has 5 nitrogen and oxygen atoms in total. The highest BCUT2D eigenvalue weighted by Gasteiger charge is 2.52. The minimum Gasteiger partial charge on any atom is -0.465 e. The van der Waals surface area contributed by atoms with Gasteiger partial charge >= 0.3 is 5.97 Å². The van der Waals surface area contributed by atoms with E-state index in [0.29, 0.717) is 43.5 Å². The number of hydrogen-bond donors (Lipinski definition) is 1. The number of benzene rings is 1. The third-order valence-electron chi connectivity index (χ3n) is 7.85. The highest BCUT2D eigenvalue weighted by Crippen LogP contribution is 2.59. The summed E-state index contributed by atoms with van der Waals surface area (Å²) in [5.41, 5.74) is 1.28.